The molecule has 0 aromatic heterocycles. The molecule has 0 fully saturated rings. The smallest absolute Gasteiger partial charge is 0.238 e. The van der Waals surface area contributed by atoms with E-state index in [-0.39, 0.29) is 19.1 Å². The summed E-state index contributed by atoms with van der Waals surface area (Å²) in [5, 5.41) is 11.1. The quantitative estimate of drug-likeness (QED) is 0.937. The summed E-state index contributed by atoms with van der Waals surface area (Å²) >= 11 is 0. The molecule has 1 N–H and O–H groups in total. The molecule has 6 heteroatoms. The maximum atomic E-state index is 11.3. The van der Waals surface area contributed by atoms with Crippen LogP contribution in [0.25, 0.3) is 0 Å². The molecule has 0 spiro atoms. The minimum atomic E-state index is -0.341. The SMILES string of the molecule is N#CCC(=O)Nc1ccc(Oc2ccc3c(c2)OCO3)cc1. The molecule has 1 aliphatic rings. The molecular weight excluding hydrogens is 284 g/mol. The Balaban J connectivity index is 1.66. The first kappa shape index (κ1) is 13.8. The predicted octanol–water partition coefficient (Wildman–Crippen LogP) is 3.06. The molecule has 110 valence electrons. The van der Waals surface area contributed by atoms with Crippen LogP contribution in [0.5, 0.6) is 23.0 Å². The van der Waals surface area contributed by atoms with Gasteiger partial charge in [-0.3, -0.25) is 4.79 Å². The third-order valence-corrected chi connectivity index (χ3v) is 2.96. The van der Waals surface area contributed by atoms with Crippen molar-refractivity contribution in [3.63, 3.8) is 0 Å². The largest absolute Gasteiger partial charge is 0.457 e. The van der Waals surface area contributed by atoms with Gasteiger partial charge in [0.25, 0.3) is 0 Å². The van der Waals surface area contributed by atoms with Crippen LogP contribution >= 0.6 is 0 Å². The fourth-order valence-corrected chi connectivity index (χ4v) is 1.96. The molecule has 1 amide bonds. The van der Waals surface area contributed by atoms with Gasteiger partial charge in [0.15, 0.2) is 11.5 Å². The zero-order chi connectivity index (χ0) is 15.4. The van der Waals surface area contributed by atoms with Crippen molar-refractivity contribution < 1.29 is 19.0 Å². The van der Waals surface area contributed by atoms with Gasteiger partial charge in [-0.1, -0.05) is 0 Å². The van der Waals surface area contributed by atoms with Crippen LogP contribution < -0.4 is 19.5 Å². The van der Waals surface area contributed by atoms with Crippen molar-refractivity contribution in [2.75, 3.05) is 12.1 Å². The third-order valence-electron chi connectivity index (χ3n) is 2.96. The number of hydrogen-bond acceptors (Lipinski definition) is 5. The van der Waals surface area contributed by atoms with Gasteiger partial charge in [0, 0.05) is 11.8 Å². The third kappa shape index (κ3) is 3.10. The van der Waals surface area contributed by atoms with Crippen LogP contribution in [-0.4, -0.2) is 12.7 Å². The van der Waals surface area contributed by atoms with E-state index >= 15 is 0 Å². The second kappa shape index (κ2) is 6.06. The van der Waals surface area contributed by atoms with E-state index in [0.29, 0.717) is 28.7 Å². The highest BCUT2D eigenvalue weighted by molar-refractivity contribution is 5.92. The molecule has 0 atom stereocenters. The second-order valence-electron chi connectivity index (χ2n) is 4.52. The number of benzene rings is 2. The normalized spacial score (nSPS) is 11.6. The van der Waals surface area contributed by atoms with Crippen LogP contribution in [0.2, 0.25) is 0 Å². The molecule has 22 heavy (non-hydrogen) atoms. The van der Waals surface area contributed by atoms with Gasteiger partial charge in [-0.2, -0.15) is 5.26 Å². The molecule has 0 unspecified atom stereocenters. The minimum absolute atomic E-state index is 0.171. The number of fused-ring (bicyclic) bond motifs is 1. The highest BCUT2D eigenvalue weighted by atomic mass is 16.7. The molecule has 1 aliphatic heterocycles. The Morgan fingerprint density at radius 3 is 2.64 bits per heavy atom. The Morgan fingerprint density at radius 2 is 1.86 bits per heavy atom. The fraction of sp³-hybridized carbons (Fsp3) is 0.125. The standard InChI is InChI=1S/C16H12N2O4/c17-8-7-16(19)18-11-1-3-12(4-2-11)22-13-5-6-14-15(9-13)21-10-20-14/h1-6,9H,7,10H2,(H,18,19). The van der Waals surface area contributed by atoms with Crippen LogP contribution in [0.3, 0.4) is 0 Å². The van der Waals surface area contributed by atoms with Gasteiger partial charge in [-0.25, -0.2) is 0 Å². The van der Waals surface area contributed by atoms with Crippen molar-refractivity contribution in [3.8, 4) is 29.1 Å². The zero-order valence-electron chi connectivity index (χ0n) is 11.5. The number of ether oxygens (including phenoxy) is 3. The van der Waals surface area contributed by atoms with Crippen LogP contribution in [-0.2, 0) is 4.79 Å². The molecule has 2 aromatic rings. The number of nitriles is 1. The average molecular weight is 296 g/mol. The van der Waals surface area contributed by atoms with Crippen LogP contribution in [0.15, 0.2) is 42.5 Å². The topological polar surface area (TPSA) is 80.6 Å². The summed E-state index contributed by atoms with van der Waals surface area (Å²) in [5.74, 6) is 2.26. The molecule has 6 nitrogen and oxygen atoms in total. The number of rotatable bonds is 4. The lowest BCUT2D eigenvalue weighted by Crippen LogP contribution is -2.09. The van der Waals surface area contributed by atoms with Crippen molar-refractivity contribution in [1.29, 1.82) is 5.26 Å². The lowest BCUT2D eigenvalue weighted by Gasteiger charge is -2.08. The van der Waals surface area contributed by atoms with Gasteiger partial charge in [0.1, 0.15) is 17.9 Å². The molecule has 2 aromatic carbocycles. The fourth-order valence-electron chi connectivity index (χ4n) is 1.96. The number of anilines is 1. The number of nitrogens with zero attached hydrogens (tertiary/aromatic N) is 1. The van der Waals surface area contributed by atoms with Crippen LogP contribution in [0.1, 0.15) is 6.42 Å². The summed E-state index contributed by atoms with van der Waals surface area (Å²) < 4.78 is 16.2. The highest BCUT2D eigenvalue weighted by Gasteiger charge is 2.14. The molecule has 3 rings (SSSR count). The predicted molar refractivity (Wildman–Crippen MR) is 77.9 cm³/mol. The van der Waals surface area contributed by atoms with E-state index in [1.807, 2.05) is 0 Å². The number of hydrogen-bond donors (Lipinski definition) is 1. The second-order valence-corrected chi connectivity index (χ2v) is 4.52. The molecule has 0 saturated heterocycles. The van der Waals surface area contributed by atoms with Crippen LogP contribution in [0, 0.1) is 11.3 Å². The van der Waals surface area contributed by atoms with E-state index in [0.717, 1.165) is 0 Å². The van der Waals surface area contributed by atoms with Crippen molar-refractivity contribution in [1.82, 2.24) is 0 Å². The van der Waals surface area contributed by atoms with E-state index in [2.05, 4.69) is 5.32 Å². The Kier molecular flexibility index (Phi) is 3.79. The van der Waals surface area contributed by atoms with Crippen molar-refractivity contribution in [2.45, 2.75) is 6.42 Å². The van der Waals surface area contributed by atoms with Gasteiger partial charge >= 0.3 is 0 Å². The van der Waals surface area contributed by atoms with E-state index in [1.165, 1.54) is 0 Å². The highest BCUT2D eigenvalue weighted by Crippen LogP contribution is 2.36. The summed E-state index contributed by atoms with van der Waals surface area (Å²) in [6.07, 6.45) is -0.171. The summed E-state index contributed by atoms with van der Waals surface area (Å²) in [4.78, 5) is 11.3. The number of carbonyl (C=O) groups excluding carboxylic acids is 1. The van der Waals surface area contributed by atoms with Gasteiger partial charge in [-0.05, 0) is 36.4 Å². The number of amides is 1. The van der Waals surface area contributed by atoms with Crippen molar-refractivity contribution in [3.05, 3.63) is 42.5 Å². The van der Waals surface area contributed by atoms with Crippen molar-refractivity contribution in [2.24, 2.45) is 0 Å². The lowest BCUT2D eigenvalue weighted by molar-refractivity contribution is -0.115. The molecule has 0 radical (unpaired) electrons. The molecule has 1 heterocycles. The van der Waals surface area contributed by atoms with Crippen LogP contribution in [0.4, 0.5) is 5.69 Å². The Morgan fingerprint density at radius 1 is 1.14 bits per heavy atom. The van der Waals surface area contributed by atoms with E-state index < -0.39 is 0 Å². The molecule has 0 bridgehead atoms. The van der Waals surface area contributed by atoms with Gasteiger partial charge < -0.3 is 19.5 Å². The zero-order valence-corrected chi connectivity index (χ0v) is 11.5. The van der Waals surface area contributed by atoms with Gasteiger partial charge in [0.2, 0.25) is 12.7 Å². The first-order valence-corrected chi connectivity index (χ1v) is 6.59. The Bertz CT molecular complexity index is 735. The summed E-state index contributed by atoms with van der Waals surface area (Å²) in [6.45, 7) is 0.218. The summed E-state index contributed by atoms with van der Waals surface area (Å²) in [5.41, 5.74) is 0.610. The maximum absolute atomic E-state index is 11.3. The van der Waals surface area contributed by atoms with Gasteiger partial charge in [-0.15, -0.1) is 0 Å². The summed E-state index contributed by atoms with van der Waals surface area (Å²) in [6, 6.07) is 14.0. The molecular formula is C16H12N2O4. The van der Waals surface area contributed by atoms with E-state index in [1.54, 1.807) is 48.5 Å². The number of nitrogens with one attached hydrogen (secondary N) is 1. The van der Waals surface area contributed by atoms with E-state index in [4.69, 9.17) is 19.5 Å². The Labute approximate surface area is 126 Å². The molecule has 0 saturated carbocycles. The van der Waals surface area contributed by atoms with Gasteiger partial charge in [0.05, 0.1) is 6.07 Å². The first-order valence-electron chi connectivity index (χ1n) is 6.59. The maximum Gasteiger partial charge on any atom is 0.238 e. The minimum Gasteiger partial charge on any atom is -0.457 e. The van der Waals surface area contributed by atoms with Crippen molar-refractivity contribution >= 4 is 11.6 Å². The van der Waals surface area contributed by atoms with E-state index in [9.17, 15) is 4.79 Å². The molecule has 0 aliphatic carbocycles. The average Bonchev–Trinajstić information content (AvgIpc) is 2.97. The lowest BCUT2D eigenvalue weighted by atomic mass is 10.2. The Hall–Kier alpha value is -3.20. The summed E-state index contributed by atoms with van der Waals surface area (Å²) in [7, 11) is 0. The number of carbonyl (C=O) groups is 1. The monoisotopic (exact) mass is 296 g/mol. The first-order chi connectivity index (χ1) is 10.7.